The molecule has 0 aliphatic heterocycles. The highest BCUT2D eigenvalue weighted by Crippen LogP contribution is 2.27. The summed E-state index contributed by atoms with van der Waals surface area (Å²) in [5.74, 6) is -0.673. The predicted molar refractivity (Wildman–Crippen MR) is 67.9 cm³/mol. The number of fused-ring (bicyclic) bond motifs is 1. The first-order valence-electron chi connectivity index (χ1n) is 5.29. The first-order chi connectivity index (χ1) is 8.45. The number of imidazole rings is 1. The van der Waals surface area contributed by atoms with Crippen LogP contribution in [0.5, 0.6) is 0 Å². The van der Waals surface area contributed by atoms with Gasteiger partial charge in [0, 0.05) is 13.1 Å². The van der Waals surface area contributed by atoms with Crippen molar-refractivity contribution in [2.24, 2.45) is 0 Å². The summed E-state index contributed by atoms with van der Waals surface area (Å²) in [6, 6.07) is 2.02. The number of nitrogens with zero attached hydrogens (tertiary/aromatic N) is 2. The van der Waals surface area contributed by atoms with Gasteiger partial charge in [-0.2, -0.15) is 0 Å². The molecule has 0 spiro atoms. The molecule has 0 saturated heterocycles. The van der Waals surface area contributed by atoms with Gasteiger partial charge in [-0.25, -0.2) is 9.37 Å². The van der Waals surface area contributed by atoms with Gasteiger partial charge in [0.05, 0.1) is 16.1 Å². The molecule has 0 aliphatic rings. The van der Waals surface area contributed by atoms with Crippen molar-refractivity contribution in [1.29, 1.82) is 0 Å². The van der Waals surface area contributed by atoms with Crippen LogP contribution in [0.15, 0.2) is 12.1 Å². The molecule has 3 N–H and O–H groups in total. The van der Waals surface area contributed by atoms with Crippen molar-refractivity contribution in [2.45, 2.75) is 13.0 Å². The van der Waals surface area contributed by atoms with Gasteiger partial charge in [0.1, 0.15) is 11.9 Å². The molecular weight excluding hydrogens is 259 g/mol. The van der Waals surface area contributed by atoms with Crippen molar-refractivity contribution in [1.82, 2.24) is 14.9 Å². The predicted octanol–water partition coefficient (Wildman–Crippen LogP) is 1.72. The lowest BCUT2D eigenvalue weighted by Crippen LogP contribution is -2.28. The van der Waals surface area contributed by atoms with Crippen LogP contribution >= 0.6 is 11.6 Å². The number of rotatable bonds is 2. The van der Waals surface area contributed by atoms with Crippen LogP contribution in [0.4, 0.5) is 10.3 Å². The number of carbonyl (C=O) groups excluding carboxylic acids is 1. The SMILES string of the molecule is CNC(=O)C(C)n1c(N)nc2cc(Cl)c(F)cc21. The number of nitrogen functional groups attached to an aromatic ring is 1. The van der Waals surface area contributed by atoms with Gasteiger partial charge in [-0.15, -0.1) is 0 Å². The van der Waals surface area contributed by atoms with Crippen LogP contribution in [-0.2, 0) is 4.79 Å². The molecule has 2 aromatic rings. The molecule has 0 bridgehead atoms. The maximum absolute atomic E-state index is 13.5. The van der Waals surface area contributed by atoms with E-state index in [9.17, 15) is 9.18 Å². The number of hydrogen-bond donors (Lipinski definition) is 2. The van der Waals surface area contributed by atoms with Crippen molar-refractivity contribution >= 4 is 34.5 Å². The summed E-state index contributed by atoms with van der Waals surface area (Å²) < 4.78 is 14.9. The third-order valence-corrected chi connectivity index (χ3v) is 3.06. The summed E-state index contributed by atoms with van der Waals surface area (Å²) in [6.45, 7) is 1.66. The molecule has 0 aliphatic carbocycles. The van der Waals surface area contributed by atoms with E-state index < -0.39 is 11.9 Å². The fraction of sp³-hybridized carbons (Fsp3) is 0.273. The standard InChI is InChI=1S/C11H12ClFN4O/c1-5(10(18)15-2)17-9-4-7(13)6(12)3-8(9)16-11(17)14/h3-5H,1-2H3,(H2,14,16)(H,15,18). The summed E-state index contributed by atoms with van der Waals surface area (Å²) in [5, 5.41) is 2.48. The maximum atomic E-state index is 13.5. The molecule has 1 unspecified atom stereocenters. The number of hydrogen-bond acceptors (Lipinski definition) is 3. The van der Waals surface area contributed by atoms with Crippen LogP contribution in [0, 0.1) is 5.82 Å². The number of likely N-dealkylation sites (N-methyl/N-ethyl adjacent to an activating group) is 1. The lowest BCUT2D eigenvalue weighted by Gasteiger charge is -2.14. The molecule has 0 radical (unpaired) electrons. The third-order valence-electron chi connectivity index (χ3n) is 2.77. The van der Waals surface area contributed by atoms with Crippen molar-refractivity contribution in [2.75, 3.05) is 12.8 Å². The zero-order valence-corrected chi connectivity index (χ0v) is 10.6. The summed E-state index contributed by atoms with van der Waals surface area (Å²) in [5.41, 5.74) is 6.64. The van der Waals surface area contributed by atoms with Gasteiger partial charge < -0.3 is 11.1 Å². The largest absolute Gasteiger partial charge is 0.369 e. The fourth-order valence-corrected chi connectivity index (χ4v) is 2.00. The summed E-state index contributed by atoms with van der Waals surface area (Å²) in [6.07, 6.45) is 0. The number of nitrogens with two attached hydrogens (primary N) is 1. The highest BCUT2D eigenvalue weighted by atomic mass is 35.5. The van der Waals surface area contributed by atoms with E-state index in [1.54, 1.807) is 6.92 Å². The average molecular weight is 271 g/mol. The van der Waals surface area contributed by atoms with Crippen LogP contribution in [0.25, 0.3) is 11.0 Å². The molecular formula is C11H12ClFN4O. The molecule has 0 saturated carbocycles. The monoisotopic (exact) mass is 270 g/mol. The Balaban J connectivity index is 2.67. The fourth-order valence-electron chi connectivity index (χ4n) is 1.84. The molecule has 0 fully saturated rings. The van der Waals surface area contributed by atoms with Crippen molar-refractivity contribution in [3.63, 3.8) is 0 Å². The average Bonchev–Trinajstić information content (AvgIpc) is 2.63. The van der Waals surface area contributed by atoms with Gasteiger partial charge in [0.2, 0.25) is 11.9 Å². The zero-order chi connectivity index (χ0) is 13.4. The second-order valence-corrected chi connectivity index (χ2v) is 4.29. The number of carbonyl (C=O) groups is 1. The van der Waals surface area contributed by atoms with E-state index in [1.165, 1.54) is 23.7 Å². The smallest absolute Gasteiger partial charge is 0.242 e. The van der Waals surface area contributed by atoms with E-state index in [4.69, 9.17) is 17.3 Å². The third kappa shape index (κ3) is 1.88. The minimum absolute atomic E-state index is 0.0280. The minimum atomic E-state index is -0.583. The molecule has 5 nitrogen and oxygen atoms in total. The quantitative estimate of drug-likeness (QED) is 0.873. The van der Waals surface area contributed by atoms with E-state index in [2.05, 4.69) is 10.3 Å². The van der Waals surface area contributed by atoms with Crippen LogP contribution in [0.1, 0.15) is 13.0 Å². The van der Waals surface area contributed by atoms with Gasteiger partial charge in [0.25, 0.3) is 0 Å². The highest BCUT2D eigenvalue weighted by Gasteiger charge is 2.20. The molecule has 7 heteroatoms. The molecule has 1 heterocycles. The lowest BCUT2D eigenvalue weighted by atomic mass is 10.2. The Bertz CT molecular complexity index is 625. The molecule has 1 aromatic carbocycles. The van der Waals surface area contributed by atoms with E-state index in [0.29, 0.717) is 11.0 Å². The van der Waals surface area contributed by atoms with E-state index in [1.807, 2.05) is 0 Å². The summed E-state index contributed by atoms with van der Waals surface area (Å²) in [4.78, 5) is 15.7. The van der Waals surface area contributed by atoms with Crippen LogP contribution in [-0.4, -0.2) is 22.5 Å². The van der Waals surface area contributed by atoms with Gasteiger partial charge in [0.15, 0.2) is 0 Å². The number of aromatic nitrogens is 2. The Morgan fingerprint density at radius 3 is 2.89 bits per heavy atom. The lowest BCUT2D eigenvalue weighted by molar-refractivity contribution is -0.123. The van der Waals surface area contributed by atoms with Crippen molar-refractivity contribution in [3.05, 3.63) is 23.0 Å². The first kappa shape index (κ1) is 12.6. The minimum Gasteiger partial charge on any atom is -0.369 e. The molecule has 1 aromatic heterocycles. The second-order valence-electron chi connectivity index (χ2n) is 3.89. The zero-order valence-electron chi connectivity index (χ0n) is 9.87. The van der Waals surface area contributed by atoms with Crippen molar-refractivity contribution in [3.8, 4) is 0 Å². The van der Waals surface area contributed by atoms with Gasteiger partial charge in [-0.3, -0.25) is 9.36 Å². The number of amides is 1. The topological polar surface area (TPSA) is 72.9 Å². The molecule has 2 rings (SSSR count). The van der Waals surface area contributed by atoms with Crippen LogP contribution in [0.3, 0.4) is 0 Å². The van der Waals surface area contributed by atoms with Gasteiger partial charge in [-0.1, -0.05) is 11.6 Å². The van der Waals surface area contributed by atoms with Crippen LogP contribution < -0.4 is 11.1 Å². The number of halogens is 2. The molecule has 1 amide bonds. The maximum Gasteiger partial charge on any atom is 0.242 e. The number of nitrogens with one attached hydrogen (secondary N) is 1. The Morgan fingerprint density at radius 2 is 2.28 bits per heavy atom. The highest BCUT2D eigenvalue weighted by molar-refractivity contribution is 6.31. The Kier molecular flexibility index (Phi) is 3.13. The number of anilines is 1. The second kappa shape index (κ2) is 4.45. The van der Waals surface area contributed by atoms with E-state index in [0.717, 1.165) is 0 Å². The number of benzene rings is 1. The molecule has 96 valence electrons. The molecule has 18 heavy (non-hydrogen) atoms. The first-order valence-corrected chi connectivity index (χ1v) is 5.67. The van der Waals surface area contributed by atoms with E-state index >= 15 is 0 Å². The summed E-state index contributed by atoms with van der Waals surface area (Å²) >= 11 is 5.67. The van der Waals surface area contributed by atoms with E-state index in [-0.39, 0.29) is 16.9 Å². The van der Waals surface area contributed by atoms with Crippen LogP contribution in [0.2, 0.25) is 5.02 Å². The van der Waals surface area contributed by atoms with Crippen molar-refractivity contribution < 1.29 is 9.18 Å². The summed E-state index contributed by atoms with van der Waals surface area (Å²) in [7, 11) is 1.52. The van der Waals surface area contributed by atoms with Gasteiger partial charge >= 0.3 is 0 Å². The normalized spacial score (nSPS) is 12.7. The Hall–Kier alpha value is -1.82. The molecule has 1 atom stereocenters. The van der Waals surface area contributed by atoms with Gasteiger partial charge in [-0.05, 0) is 13.0 Å². The Morgan fingerprint density at radius 1 is 1.61 bits per heavy atom. The Labute approximate surface area is 108 Å².